The highest BCUT2D eigenvalue weighted by Gasteiger charge is 2.23. The van der Waals surface area contributed by atoms with E-state index < -0.39 is 0 Å². The van der Waals surface area contributed by atoms with Gasteiger partial charge in [0.05, 0.1) is 39.6 Å². The SMILES string of the molecule is c1cc2cc(OCC3CO3)ccc2cc1OCCOCCOCCOc1ccc2cc(OCC3CO3)ccc2c1. The Morgan fingerprint density at radius 1 is 0.450 bits per heavy atom. The average Bonchev–Trinajstić information content (AvgIpc) is 3.91. The van der Waals surface area contributed by atoms with E-state index in [9.17, 15) is 0 Å². The molecule has 210 valence electrons. The molecule has 2 atom stereocenters. The molecule has 0 bridgehead atoms. The molecule has 0 N–H and O–H groups in total. The fourth-order valence-electron chi connectivity index (χ4n) is 4.23. The van der Waals surface area contributed by atoms with Gasteiger partial charge in [-0.15, -0.1) is 0 Å². The van der Waals surface area contributed by atoms with Crippen molar-refractivity contribution in [2.24, 2.45) is 0 Å². The third-order valence-corrected chi connectivity index (χ3v) is 6.61. The van der Waals surface area contributed by atoms with Gasteiger partial charge in [0.1, 0.15) is 61.6 Å². The van der Waals surface area contributed by atoms with Gasteiger partial charge in [-0.1, -0.05) is 24.3 Å². The van der Waals surface area contributed by atoms with Crippen molar-refractivity contribution in [1.82, 2.24) is 0 Å². The first-order valence-corrected chi connectivity index (χ1v) is 13.8. The molecule has 0 radical (unpaired) electrons. The standard InChI is InChI=1S/C32H34O8/c1-5-27(15-23-3-7-29(17-25(1)23)37-19-31-21-39-31)35-13-11-33-9-10-34-12-14-36-28-6-2-26-18-30(8-4-24(26)16-28)38-20-32-22-40-32/h1-8,15-18,31-32H,9-14,19-22H2. The van der Waals surface area contributed by atoms with Gasteiger partial charge in [-0.2, -0.15) is 0 Å². The summed E-state index contributed by atoms with van der Waals surface area (Å²) in [6.07, 6.45) is 0.499. The van der Waals surface area contributed by atoms with Crippen molar-refractivity contribution in [2.45, 2.75) is 12.2 Å². The van der Waals surface area contributed by atoms with Gasteiger partial charge in [0.15, 0.2) is 0 Å². The minimum Gasteiger partial charge on any atom is -0.491 e. The number of epoxide rings is 2. The molecule has 0 spiro atoms. The lowest BCUT2D eigenvalue weighted by molar-refractivity contribution is 0.0274. The molecule has 2 aliphatic rings. The molecule has 2 aliphatic heterocycles. The molecule has 2 saturated heterocycles. The third kappa shape index (κ3) is 7.99. The van der Waals surface area contributed by atoms with Crippen molar-refractivity contribution in [3.63, 3.8) is 0 Å². The lowest BCUT2D eigenvalue weighted by atomic mass is 10.1. The number of hydrogen-bond acceptors (Lipinski definition) is 8. The molecule has 0 saturated carbocycles. The molecule has 2 heterocycles. The summed E-state index contributed by atoms with van der Waals surface area (Å²) in [5, 5.41) is 4.43. The lowest BCUT2D eigenvalue weighted by Gasteiger charge is -2.10. The highest BCUT2D eigenvalue weighted by molar-refractivity contribution is 5.86. The maximum Gasteiger partial charge on any atom is 0.120 e. The molecule has 0 aliphatic carbocycles. The van der Waals surface area contributed by atoms with Gasteiger partial charge >= 0.3 is 0 Å². The summed E-state index contributed by atoms with van der Waals surface area (Å²) in [6, 6.07) is 24.2. The molecule has 6 rings (SSSR count). The van der Waals surface area contributed by atoms with E-state index >= 15 is 0 Å². The highest BCUT2D eigenvalue weighted by atomic mass is 16.6. The maximum absolute atomic E-state index is 5.84. The van der Waals surface area contributed by atoms with Crippen LogP contribution in [-0.2, 0) is 18.9 Å². The zero-order valence-corrected chi connectivity index (χ0v) is 22.4. The minimum absolute atomic E-state index is 0.249. The fraction of sp³-hybridized carbons (Fsp3) is 0.375. The second-order valence-corrected chi connectivity index (χ2v) is 9.80. The van der Waals surface area contributed by atoms with Gasteiger partial charge in [0.2, 0.25) is 0 Å². The summed E-state index contributed by atoms with van der Waals surface area (Å²) in [7, 11) is 0. The zero-order valence-electron chi connectivity index (χ0n) is 22.4. The summed E-state index contributed by atoms with van der Waals surface area (Å²) in [4.78, 5) is 0. The Kier molecular flexibility index (Phi) is 8.79. The van der Waals surface area contributed by atoms with Gasteiger partial charge < -0.3 is 37.9 Å². The maximum atomic E-state index is 5.84. The average molecular weight is 547 g/mol. The summed E-state index contributed by atoms with van der Waals surface area (Å²) in [5.41, 5.74) is 0. The molecule has 4 aromatic rings. The molecule has 2 fully saturated rings. The number of benzene rings is 4. The van der Waals surface area contributed by atoms with Crippen LogP contribution in [0.15, 0.2) is 72.8 Å². The molecular formula is C32H34O8. The number of rotatable bonds is 17. The summed E-state index contributed by atoms with van der Waals surface area (Å²) in [5.74, 6) is 3.34. The van der Waals surface area contributed by atoms with Crippen molar-refractivity contribution in [2.75, 3.05) is 66.1 Å². The van der Waals surface area contributed by atoms with Crippen LogP contribution in [0, 0.1) is 0 Å². The molecule has 8 heteroatoms. The monoisotopic (exact) mass is 546 g/mol. The number of ether oxygens (including phenoxy) is 8. The highest BCUT2D eigenvalue weighted by Crippen LogP contribution is 2.27. The first-order chi connectivity index (χ1) is 19.8. The van der Waals surface area contributed by atoms with E-state index in [0.29, 0.717) is 52.9 Å². The Bertz CT molecular complexity index is 1290. The molecule has 2 unspecified atom stereocenters. The van der Waals surface area contributed by atoms with Crippen LogP contribution < -0.4 is 18.9 Å². The van der Waals surface area contributed by atoms with Gasteiger partial charge in [0.25, 0.3) is 0 Å². The van der Waals surface area contributed by atoms with E-state index in [2.05, 4.69) is 0 Å². The van der Waals surface area contributed by atoms with Crippen molar-refractivity contribution in [3.05, 3.63) is 72.8 Å². The van der Waals surface area contributed by atoms with E-state index in [1.807, 2.05) is 72.8 Å². The molecule has 4 aromatic carbocycles. The first-order valence-electron chi connectivity index (χ1n) is 13.8. The van der Waals surface area contributed by atoms with Crippen molar-refractivity contribution < 1.29 is 37.9 Å². The van der Waals surface area contributed by atoms with Crippen LogP contribution in [0.4, 0.5) is 0 Å². The van der Waals surface area contributed by atoms with E-state index in [0.717, 1.165) is 57.8 Å². The summed E-state index contributed by atoms with van der Waals surface area (Å²) < 4.78 is 44.8. The van der Waals surface area contributed by atoms with Crippen LogP contribution in [0.2, 0.25) is 0 Å². The Hall–Kier alpha value is -3.56. The van der Waals surface area contributed by atoms with Crippen molar-refractivity contribution in [3.8, 4) is 23.0 Å². The second kappa shape index (κ2) is 13.2. The predicted octanol–water partition coefficient (Wildman–Crippen LogP) is 5.04. The Balaban J connectivity index is 0.818. The Morgan fingerprint density at radius 2 is 0.775 bits per heavy atom. The van der Waals surface area contributed by atoms with Gasteiger partial charge in [0, 0.05) is 0 Å². The molecular weight excluding hydrogens is 512 g/mol. The zero-order chi connectivity index (χ0) is 27.0. The largest absolute Gasteiger partial charge is 0.491 e. The predicted molar refractivity (Wildman–Crippen MR) is 151 cm³/mol. The van der Waals surface area contributed by atoms with Crippen molar-refractivity contribution >= 4 is 21.5 Å². The van der Waals surface area contributed by atoms with E-state index in [1.165, 1.54) is 0 Å². The van der Waals surface area contributed by atoms with Gasteiger partial charge in [-0.05, 0) is 70.1 Å². The molecule has 40 heavy (non-hydrogen) atoms. The minimum atomic E-state index is 0.249. The van der Waals surface area contributed by atoms with Crippen LogP contribution >= 0.6 is 0 Å². The van der Waals surface area contributed by atoms with Crippen LogP contribution in [0.1, 0.15) is 0 Å². The first kappa shape index (κ1) is 26.7. The van der Waals surface area contributed by atoms with Crippen LogP contribution in [0.5, 0.6) is 23.0 Å². The van der Waals surface area contributed by atoms with E-state index in [4.69, 9.17) is 37.9 Å². The molecule has 8 nitrogen and oxygen atoms in total. The van der Waals surface area contributed by atoms with Crippen LogP contribution in [-0.4, -0.2) is 78.3 Å². The Labute approximate surface area is 233 Å². The van der Waals surface area contributed by atoms with Crippen LogP contribution in [0.3, 0.4) is 0 Å². The molecule has 0 amide bonds. The smallest absolute Gasteiger partial charge is 0.120 e. The second-order valence-electron chi connectivity index (χ2n) is 9.80. The topological polar surface area (TPSA) is 80.4 Å². The van der Waals surface area contributed by atoms with E-state index in [1.54, 1.807) is 0 Å². The lowest BCUT2D eigenvalue weighted by Crippen LogP contribution is -2.13. The fourth-order valence-corrected chi connectivity index (χ4v) is 4.23. The van der Waals surface area contributed by atoms with Gasteiger partial charge in [-0.25, -0.2) is 0 Å². The Morgan fingerprint density at radius 3 is 1.12 bits per heavy atom. The van der Waals surface area contributed by atoms with E-state index in [-0.39, 0.29) is 12.2 Å². The van der Waals surface area contributed by atoms with Crippen molar-refractivity contribution in [1.29, 1.82) is 0 Å². The quantitative estimate of drug-likeness (QED) is 0.135. The normalized spacial score (nSPS) is 17.6. The third-order valence-electron chi connectivity index (χ3n) is 6.61. The summed E-state index contributed by atoms with van der Waals surface area (Å²) >= 11 is 0. The molecule has 0 aromatic heterocycles. The number of fused-ring (bicyclic) bond motifs is 2. The number of hydrogen-bond donors (Lipinski definition) is 0. The van der Waals surface area contributed by atoms with Crippen LogP contribution in [0.25, 0.3) is 21.5 Å². The summed E-state index contributed by atoms with van der Waals surface area (Å²) in [6.45, 7) is 5.73. The van der Waals surface area contributed by atoms with Gasteiger partial charge in [-0.3, -0.25) is 0 Å².